The van der Waals surface area contributed by atoms with Crippen LogP contribution < -0.4 is 0 Å². The largest absolute Gasteiger partial charge is 0.747 e. The molecule has 0 amide bonds. The van der Waals surface area contributed by atoms with Gasteiger partial charge in [-0.15, -0.1) is 0 Å². The summed E-state index contributed by atoms with van der Waals surface area (Å²) in [6.45, 7) is 14.9. The van der Waals surface area contributed by atoms with E-state index in [-0.39, 0.29) is 25.0 Å². The Hall–Kier alpha value is -1.27. The number of carbonyl (C=O) groups is 2. The molecule has 3 unspecified atom stereocenters. The van der Waals surface area contributed by atoms with Crippen LogP contribution in [-0.4, -0.2) is 102 Å². The van der Waals surface area contributed by atoms with Gasteiger partial charge in [0.15, 0.2) is 5.25 Å². The van der Waals surface area contributed by atoms with Gasteiger partial charge in [0.05, 0.1) is 60.1 Å². The summed E-state index contributed by atoms with van der Waals surface area (Å²) in [6.07, 6.45) is 6.58. The molecular weight excluding hydrogens is 538 g/mol. The first-order valence-corrected chi connectivity index (χ1v) is 16.4. The minimum absolute atomic E-state index is 0.0470. The summed E-state index contributed by atoms with van der Waals surface area (Å²) in [4.78, 5) is 24.1. The van der Waals surface area contributed by atoms with Gasteiger partial charge in [-0.1, -0.05) is 66.2 Å². The maximum Gasteiger partial charge on any atom is 0.323 e. The molecule has 10 nitrogen and oxygen atoms in total. The highest BCUT2D eigenvalue weighted by Crippen LogP contribution is 2.17. The summed E-state index contributed by atoms with van der Waals surface area (Å²) in [5.41, 5.74) is 0. The van der Waals surface area contributed by atoms with Gasteiger partial charge in [0.2, 0.25) is 0 Å². The second kappa shape index (κ2) is 24.3. The van der Waals surface area contributed by atoms with Gasteiger partial charge in [0.25, 0.3) is 0 Å². The molecule has 0 rings (SSSR count). The van der Waals surface area contributed by atoms with Gasteiger partial charge >= 0.3 is 11.9 Å². The molecule has 0 N–H and O–H groups in total. The van der Waals surface area contributed by atoms with E-state index in [1.165, 1.54) is 0 Å². The van der Waals surface area contributed by atoms with Crippen LogP contribution in [0, 0.1) is 11.8 Å². The lowest BCUT2D eigenvalue weighted by Gasteiger charge is -2.27. The van der Waals surface area contributed by atoms with Crippen molar-refractivity contribution < 1.29 is 46.0 Å². The number of likely N-dealkylation sites (N-methyl/N-ethyl adjacent to an activating group) is 1. The van der Waals surface area contributed by atoms with E-state index in [4.69, 9.17) is 18.9 Å². The highest BCUT2D eigenvalue weighted by atomic mass is 32.2. The Labute approximate surface area is 244 Å². The Bertz CT molecular complexity index is 744. The molecule has 0 aliphatic rings. The van der Waals surface area contributed by atoms with Gasteiger partial charge in [-0.25, -0.2) is 8.42 Å². The molecule has 0 heterocycles. The first kappa shape index (κ1) is 40.9. The van der Waals surface area contributed by atoms with E-state index in [0.717, 1.165) is 75.5 Å². The number of methoxy groups -OCH3 is 1. The van der Waals surface area contributed by atoms with Crippen LogP contribution in [0.4, 0.5) is 0 Å². The molecule has 0 radical (unpaired) electrons. The van der Waals surface area contributed by atoms with E-state index in [1.54, 1.807) is 7.11 Å². The summed E-state index contributed by atoms with van der Waals surface area (Å²) in [7, 11) is 1.09. The van der Waals surface area contributed by atoms with Gasteiger partial charge in [0.1, 0.15) is 16.7 Å². The molecule has 0 aromatic rings. The SMILES string of the molecule is CCCCC(CC)COC(=O)CC(C(=O)OCC(CC)CCCC)S(=O)(=O)[O-].CC[N+](C)(C)CCOCCOC. The van der Waals surface area contributed by atoms with Gasteiger partial charge < -0.3 is 28.0 Å². The fraction of sp³-hybridized carbons (Fsp3) is 0.931. The minimum atomic E-state index is -5.01. The van der Waals surface area contributed by atoms with Crippen LogP contribution >= 0.6 is 0 Å². The number of hydrogen-bond acceptors (Lipinski definition) is 9. The van der Waals surface area contributed by atoms with E-state index in [0.29, 0.717) is 13.2 Å². The zero-order valence-electron chi connectivity index (χ0n) is 26.6. The first-order chi connectivity index (χ1) is 18.8. The third-order valence-corrected chi connectivity index (χ3v) is 8.18. The molecule has 0 spiro atoms. The standard InChI is InChI=1S/C20H38O7S.C9H22NO2/c1-5-9-11-16(7-3)14-26-19(21)13-18(28(23,24)25)20(22)27-15-17(8-4)12-10-6-2;1-5-10(2,3)6-7-12-9-8-11-4/h16-18H,5-15H2,1-4H3,(H,23,24,25);5-9H2,1-4H3/q;+1/p-1. The average Bonchev–Trinajstić information content (AvgIpc) is 2.91. The molecule has 0 saturated carbocycles. The quantitative estimate of drug-likeness (QED) is 0.0721. The molecule has 0 aliphatic heterocycles. The number of rotatable bonds is 23. The monoisotopic (exact) mass is 597 g/mol. The Balaban J connectivity index is 0. The molecule has 0 fully saturated rings. The van der Waals surface area contributed by atoms with Crippen molar-refractivity contribution >= 4 is 22.1 Å². The molecule has 0 aromatic carbocycles. The van der Waals surface area contributed by atoms with Gasteiger partial charge in [-0.2, -0.15) is 0 Å². The molecule has 0 aliphatic carbocycles. The maximum atomic E-state index is 12.1. The van der Waals surface area contributed by atoms with Crippen molar-refractivity contribution in [2.45, 2.75) is 97.7 Å². The minimum Gasteiger partial charge on any atom is -0.747 e. The number of nitrogens with zero attached hydrogens (tertiary/aromatic N) is 1. The number of ether oxygens (including phenoxy) is 4. The maximum absolute atomic E-state index is 12.1. The lowest BCUT2D eigenvalue weighted by molar-refractivity contribution is -0.888. The molecule has 11 heteroatoms. The van der Waals surface area contributed by atoms with Gasteiger partial charge in [-0.05, 0) is 31.6 Å². The van der Waals surface area contributed by atoms with Crippen molar-refractivity contribution in [1.82, 2.24) is 0 Å². The predicted octanol–water partition coefficient (Wildman–Crippen LogP) is 4.56. The molecule has 40 heavy (non-hydrogen) atoms. The van der Waals surface area contributed by atoms with Crippen LogP contribution in [0.2, 0.25) is 0 Å². The first-order valence-electron chi connectivity index (χ1n) is 15.0. The van der Waals surface area contributed by atoms with Crippen LogP contribution in [0.1, 0.15) is 92.4 Å². The van der Waals surface area contributed by atoms with Crippen molar-refractivity contribution in [2.75, 3.05) is 67.3 Å². The Morgan fingerprint density at radius 3 is 1.77 bits per heavy atom. The third-order valence-electron chi connectivity index (χ3n) is 7.12. The van der Waals surface area contributed by atoms with Crippen LogP contribution in [0.5, 0.6) is 0 Å². The van der Waals surface area contributed by atoms with E-state index in [1.807, 2.05) is 13.8 Å². The summed E-state index contributed by atoms with van der Waals surface area (Å²) in [5.74, 6) is -1.74. The van der Waals surface area contributed by atoms with E-state index in [2.05, 4.69) is 34.9 Å². The topological polar surface area (TPSA) is 128 Å². The zero-order chi connectivity index (χ0) is 31.0. The predicted molar refractivity (Wildman–Crippen MR) is 157 cm³/mol. The van der Waals surface area contributed by atoms with Crippen LogP contribution in [0.15, 0.2) is 0 Å². The Morgan fingerprint density at radius 2 is 1.35 bits per heavy atom. The van der Waals surface area contributed by atoms with Crippen molar-refractivity contribution in [3.63, 3.8) is 0 Å². The van der Waals surface area contributed by atoms with E-state index >= 15 is 0 Å². The summed E-state index contributed by atoms with van der Waals surface area (Å²) >= 11 is 0. The van der Waals surface area contributed by atoms with Crippen molar-refractivity contribution in [2.24, 2.45) is 11.8 Å². The third kappa shape index (κ3) is 22.4. The van der Waals surface area contributed by atoms with Crippen molar-refractivity contribution in [1.29, 1.82) is 0 Å². The van der Waals surface area contributed by atoms with Crippen molar-refractivity contribution in [3.8, 4) is 0 Å². The average molecular weight is 598 g/mol. The number of quaternary nitrogens is 1. The second-order valence-electron chi connectivity index (χ2n) is 10.9. The molecule has 0 aromatic heterocycles. The Kier molecular flexibility index (Phi) is 24.9. The van der Waals surface area contributed by atoms with Gasteiger partial charge in [0, 0.05) is 7.11 Å². The zero-order valence-corrected chi connectivity index (χ0v) is 27.4. The second-order valence-corrected chi connectivity index (χ2v) is 12.5. The lowest BCUT2D eigenvalue weighted by Crippen LogP contribution is -2.42. The van der Waals surface area contributed by atoms with Crippen molar-refractivity contribution in [3.05, 3.63) is 0 Å². The van der Waals surface area contributed by atoms with Gasteiger partial charge in [-0.3, -0.25) is 9.59 Å². The fourth-order valence-electron chi connectivity index (χ4n) is 3.53. The van der Waals surface area contributed by atoms with E-state index in [9.17, 15) is 22.6 Å². The summed E-state index contributed by atoms with van der Waals surface area (Å²) < 4.78 is 55.8. The summed E-state index contributed by atoms with van der Waals surface area (Å²) in [5, 5.41) is -2.06. The summed E-state index contributed by atoms with van der Waals surface area (Å²) in [6, 6.07) is 0. The molecule has 3 atom stereocenters. The molecule has 0 bridgehead atoms. The fourth-order valence-corrected chi connectivity index (χ4v) is 4.17. The normalized spacial score (nSPS) is 14.0. The number of carbonyl (C=O) groups excluding carboxylic acids is 2. The number of unbranched alkanes of at least 4 members (excludes halogenated alkanes) is 2. The van der Waals surface area contributed by atoms with Crippen LogP contribution in [0.25, 0.3) is 0 Å². The molecule has 0 saturated heterocycles. The smallest absolute Gasteiger partial charge is 0.323 e. The lowest BCUT2D eigenvalue weighted by atomic mass is 10.0. The molecule has 240 valence electrons. The molecular formula is C29H59NO9S. The number of esters is 2. The highest BCUT2D eigenvalue weighted by Gasteiger charge is 2.31. The van der Waals surface area contributed by atoms with Crippen LogP contribution in [-0.2, 0) is 38.7 Å². The number of hydrogen-bond donors (Lipinski definition) is 0. The highest BCUT2D eigenvalue weighted by molar-refractivity contribution is 7.87. The van der Waals surface area contributed by atoms with E-state index < -0.39 is 33.7 Å². The Morgan fingerprint density at radius 1 is 0.825 bits per heavy atom. The van der Waals surface area contributed by atoms with Crippen LogP contribution in [0.3, 0.4) is 0 Å².